The fourth-order valence-electron chi connectivity index (χ4n) is 3.46. The van der Waals surface area contributed by atoms with Gasteiger partial charge in [0, 0.05) is 31.0 Å². The Kier molecular flexibility index (Phi) is 6.28. The summed E-state index contributed by atoms with van der Waals surface area (Å²) >= 11 is 0. The highest BCUT2D eigenvalue weighted by atomic mass is 16.2. The molecule has 1 saturated carbocycles. The second-order valence-corrected chi connectivity index (χ2v) is 7.48. The van der Waals surface area contributed by atoms with Crippen LogP contribution < -0.4 is 10.9 Å². The van der Waals surface area contributed by atoms with Crippen LogP contribution in [0.1, 0.15) is 53.8 Å². The van der Waals surface area contributed by atoms with Gasteiger partial charge in [-0.15, -0.1) is 0 Å². The Hall–Kier alpha value is -2.90. The summed E-state index contributed by atoms with van der Waals surface area (Å²) in [7, 11) is 1.66. The zero-order chi connectivity index (χ0) is 20.1. The fraction of sp³-hybridized carbons (Fsp3) is 0.500. The number of carbonyl (C=O) groups excluding carboxylic acids is 2. The van der Waals surface area contributed by atoms with Gasteiger partial charge in [0.1, 0.15) is 6.54 Å². The summed E-state index contributed by atoms with van der Waals surface area (Å²) in [5.74, 6) is -0.430. The lowest BCUT2D eigenvalue weighted by atomic mass is 9.95. The maximum Gasteiger partial charge on any atom is 0.252 e. The van der Waals surface area contributed by atoms with E-state index in [0.29, 0.717) is 12.1 Å². The minimum Gasteiger partial charge on any atom is -0.349 e. The molecule has 150 valence electrons. The van der Waals surface area contributed by atoms with Gasteiger partial charge in [-0.1, -0.05) is 19.3 Å². The average molecular weight is 385 g/mol. The number of aromatic nitrogens is 3. The number of nitrogens with zero attached hydrogens (tertiary/aromatic N) is 3. The predicted molar refractivity (Wildman–Crippen MR) is 105 cm³/mol. The molecule has 2 N–H and O–H groups in total. The van der Waals surface area contributed by atoms with Gasteiger partial charge < -0.3 is 14.8 Å². The summed E-state index contributed by atoms with van der Waals surface area (Å²) in [6, 6.07) is 4.90. The molecule has 0 atom stereocenters. The standard InChI is InChI=1S/C20H27N5O3/c1-14-10-17(23-22-14)12-24(2)19(27)13-25-11-15(8-9-18(25)26)20(28)21-16-6-4-3-5-7-16/h8-11,16H,3-7,12-13H2,1-2H3,(H,21,28)(H,22,23). The number of hydrogen-bond donors (Lipinski definition) is 2. The van der Waals surface area contributed by atoms with Crippen LogP contribution in [0.15, 0.2) is 29.2 Å². The lowest BCUT2D eigenvalue weighted by molar-refractivity contribution is -0.131. The molecule has 0 aromatic carbocycles. The van der Waals surface area contributed by atoms with Crippen molar-refractivity contribution in [3.8, 4) is 0 Å². The van der Waals surface area contributed by atoms with E-state index in [0.717, 1.165) is 37.1 Å². The van der Waals surface area contributed by atoms with E-state index in [1.807, 2.05) is 13.0 Å². The molecule has 0 spiro atoms. The molecule has 8 heteroatoms. The Morgan fingerprint density at radius 3 is 2.71 bits per heavy atom. The molecule has 8 nitrogen and oxygen atoms in total. The van der Waals surface area contributed by atoms with Gasteiger partial charge in [0.15, 0.2) is 0 Å². The van der Waals surface area contributed by atoms with Crippen molar-refractivity contribution >= 4 is 11.8 Å². The molecule has 2 aromatic heterocycles. The van der Waals surface area contributed by atoms with Crippen molar-refractivity contribution in [3.63, 3.8) is 0 Å². The first kappa shape index (κ1) is 19.9. The third kappa shape index (κ3) is 5.09. The quantitative estimate of drug-likeness (QED) is 0.789. The number of hydrogen-bond acceptors (Lipinski definition) is 4. The lowest BCUT2D eigenvalue weighted by Crippen LogP contribution is -2.37. The van der Waals surface area contributed by atoms with Crippen LogP contribution in [0.3, 0.4) is 0 Å². The molecule has 0 radical (unpaired) electrons. The van der Waals surface area contributed by atoms with Gasteiger partial charge >= 0.3 is 0 Å². The Morgan fingerprint density at radius 2 is 2.04 bits per heavy atom. The van der Waals surface area contributed by atoms with Crippen molar-refractivity contribution in [1.82, 2.24) is 25.0 Å². The summed E-state index contributed by atoms with van der Waals surface area (Å²) in [5, 5.41) is 9.98. The largest absolute Gasteiger partial charge is 0.349 e. The third-order valence-electron chi connectivity index (χ3n) is 5.08. The van der Waals surface area contributed by atoms with E-state index in [-0.39, 0.29) is 30.0 Å². The van der Waals surface area contributed by atoms with Crippen LogP contribution in [0, 0.1) is 6.92 Å². The molecule has 3 rings (SSSR count). The van der Waals surface area contributed by atoms with Crippen LogP contribution in [0.5, 0.6) is 0 Å². The van der Waals surface area contributed by atoms with Crippen LogP contribution in [0.25, 0.3) is 0 Å². The summed E-state index contributed by atoms with van der Waals surface area (Å²) in [5.41, 5.74) is 1.75. The molecule has 2 aromatic rings. The van der Waals surface area contributed by atoms with Crippen molar-refractivity contribution in [2.45, 2.75) is 58.2 Å². The van der Waals surface area contributed by atoms with E-state index in [1.54, 1.807) is 7.05 Å². The first-order chi connectivity index (χ1) is 13.4. The SMILES string of the molecule is Cc1cc(CN(C)C(=O)Cn2cc(C(=O)NC3CCCCC3)ccc2=O)n[nH]1. The number of likely N-dealkylation sites (N-methyl/N-ethyl adjacent to an activating group) is 1. The molecular weight excluding hydrogens is 358 g/mol. The summed E-state index contributed by atoms with van der Waals surface area (Å²) in [4.78, 5) is 38.7. The molecule has 2 heterocycles. The topological polar surface area (TPSA) is 100 Å². The summed E-state index contributed by atoms with van der Waals surface area (Å²) < 4.78 is 1.28. The Balaban J connectivity index is 1.64. The summed E-state index contributed by atoms with van der Waals surface area (Å²) in [6.45, 7) is 2.12. The van der Waals surface area contributed by atoms with E-state index >= 15 is 0 Å². The van der Waals surface area contributed by atoms with E-state index < -0.39 is 0 Å². The number of aryl methyl sites for hydroxylation is 1. The van der Waals surface area contributed by atoms with Gasteiger partial charge in [0.05, 0.1) is 17.8 Å². The molecule has 1 aliphatic carbocycles. The van der Waals surface area contributed by atoms with E-state index in [4.69, 9.17) is 0 Å². The normalized spacial score (nSPS) is 14.6. The second kappa shape index (κ2) is 8.86. The number of H-pyrrole nitrogens is 1. The molecule has 28 heavy (non-hydrogen) atoms. The minimum absolute atomic E-state index is 0.122. The van der Waals surface area contributed by atoms with Gasteiger partial charge in [0.25, 0.3) is 11.5 Å². The number of amides is 2. The van der Waals surface area contributed by atoms with E-state index in [9.17, 15) is 14.4 Å². The first-order valence-corrected chi connectivity index (χ1v) is 9.68. The van der Waals surface area contributed by atoms with Crippen molar-refractivity contribution in [2.75, 3.05) is 7.05 Å². The molecule has 2 amide bonds. The number of pyridine rings is 1. The van der Waals surface area contributed by atoms with Crippen LogP contribution in [-0.4, -0.2) is 44.6 Å². The zero-order valence-corrected chi connectivity index (χ0v) is 16.4. The second-order valence-electron chi connectivity index (χ2n) is 7.48. The van der Waals surface area contributed by atoms with Gasteiger partial charge in [-0.05, 0) is 31.9 Å². The highest BCUT2D eigenvalue weighted by molar-refractivity contribution is 5.94. The van der Waals surface area contributed by atoms with Crippen LogP contribution in [-0.2, 0) is 17.9 Å². The highest BCUT2D eigenvalue weighted by Gasteiger charge is 2.18. The monoisotopic (exact) mass is 385 g/mol. The van der Waals surface area contributed by atoms with Gasteiger partial charge in [0.2, 0.25) is 5.91 Å². The molecule has 0 bridgehead atoms. The van der Waals surface area contributed by atoms with Crippen LogP contribution >= 0.6 is 0 Å². The Morgan fingerprint density at radius 1 is 1.29 bits per heavy atom. The molecule has 1 fully saturated rings. The van der Waals surface area contributed by atoms with Gasteiger partial charge in [-0.2, -0.15) is 5.10 Å². The van der Waals surface area contributed by atoms with E-state index in [1.165, 1.54) is 34.2 Å². The van der Waals surface area contributed by atoms with Crippen molar-refractivity contribution < 1.29 is 9.59 Å². The van der Waals surface area contributed by atoms with Crippen molar-refractivity contribution in [2.24, 2.45) is 0 Å². The Bertz CT molecular complexity index is 895. The fourth-order valence-corrected chi connectivity index (χ4v) is 3.46. The van der Waals surface area contributed by atoms with Crippen molar-refractivity contribution in [1.29, 1.82) is 0 Å². The molecule has 1 aliphatic rings. The van der Waals surface area contributed by atoms with Crippen LogP contribution in [0.2, 0.25) is 0 Å². The molecule has 0 saturated heterocycles. The van der Waals surface area contributed by atoms with Gasteiger partial charge in [-0.3, -0.25) is 19.5 Å². The number of rotatable bonds is 6. The summed E-state index contributed by atoms with van der Waals surface area (Å²) in [6.07, 6.45) is 6.90. The number of carbonyl (C=O) groups is 2. The highest BCUT2D eigenvalue weighted by Crippen LogP contribution is 2.17. The minimum atomic E-state index is -0.313. The maximum absolute atomic E-state index is 12.5. The molecule has 0 aliphatic heterocycles. The molecular formula is C20H27N5O3. The maximum atomic E-state index is 12.5. The third-order valence-corrected chi connectivity index (χ3v) is 5.08. The average Bonchev–Trinajstić information content (AvgIpc) is 3.08. The van der Waals surface area contributed by atoms with Crippen molar-refractivity contribution in [3.05, 3.63) is 51.7 Å². The smallest absolute Gasteiger partial charge is 0.252 e. The lowest BCUT2D eigenvalue weighted by Gasteiger charge is -2.23. The number of aromatic amines is 1. The molecule has 0 unspecified atom stereocenters. The zero-order valence-electron chi connectivity index (χ0n) is 16.4. The predicted octanol–water partition coefficient (Wildman–Crippen LogP) is 1.60. The first-order valence-electron chi connectivity index (χ1n) is 9.68. The number of nitrogens with one attached hydrogen (secondary N) is 2. The van der Waals surface area contributed by atoms with Crippen LogP contribution in [0.4, 0.5) is 0 Å². The van der Waals surface area contributed by atoms with E-state index in [2.05, 4.69) is 15.5 Å². The Labute approximate surface area is 163 Å². The van der Waals surface area contributed by atoms with Gasteiger partial charge in [-0.25, -0.2) is 0 Å².